The second-order valence-electron chi connectivity index (χ2n) is 5.74. The second kappa shape index (κ2) is 6.45. The van der Waals surface area contributed by atoms with Gasteiger partial charge in [-0.25, -0.2) is 17.5 Å². The van der Waals surface area contributed by atoms with Gasteiger partial charge in [-0.15, -0.1) is 0 Å². The van der Waals surface area contributed by atoms with Crippen LogP contribution in [-0.4, -0.2) is 26.9 Å². The van der Waals surface area contributed by atoms with Crippen molar-refractivity contribution in [3.63, 3.8) is 0 Å². The smallest absolute Gasteiger partial charge is 0.240 e. The summed E-state index contributed by atoms with van der Waals surface area (Å²) in [6, 6.07) is 7.92. The summed E-state index contributed by atoms with van der Waals surface area (Å²) in [6.45, 7) is 1.26. The van der Waals surface area contributed by atoms with Crippen molar-refractivity contribution in [3.05, 3.63) is 52.8 Å². The molecular weight excluding hydrogens is 373 g/mol. The van der Waals surface area contributed by atoms with Gasteiger partial charge in [0, 0.05) is 6.54 Å². The molecule has 0 saturated carbocycles. The van der Waals surface area contributed by atoms with Crippen LogP contribution in [0.3, 0.4) is 0 Å². The fraction of sp³-hybridized carbons (Fsp3) is 0.250. The minimum absolute atomic E-state index is 0.0961. The number of sulfonamides is 1. The Hall–Kier alpha value is -1.87. The predicted octanol–water partition coefficient (Wildman–Crippen LogP) is 2.39. The van der Waals surface area contributed by atoms with Crippen molar-refractivity contribution in [3.8, 4) is 11.5 Å². The van der Waals surface area contributed by atoms with E-state index < -0.39 is 21.4 Å². The Morgan fingerprint density at radius 3 is 2.68 bits per heavy atom. The van der Waals surface area contributed by atoms with E-state index in [1.165, 1.54) is 6.92 Å². The number of nitrogens with one attached hydrogen (secondary N) is 1. The highest BCUT2D eigenvalue weighted by atomic mass is 35.5. The van der Waals surface area contributed by atoms with Crippen molar-refractivity contribution in [2.45, 2.75) is 17.4 Å². The van der Waals surface area contributed by atoms with Crippen molar-refractivity contribution in [2.75, 3.05) is 13.3 Å². The van der Waals surface area contributed by atoms with Crippen LogP contribution in [0.1, 0.15) is 12.5 Å². The molecule has 134 valence electrons. The number of rotatable bonds is 5. The molecule has 6 nitrogen and oxygen atoms in total. The van der Waals surface area contributed by atoms with Gasteiger partial charge >= 0.3 is 0 Å². The molecule has 0 fully saturated rings. The third kappa shape index (κ3) is 3.72. The minimum atomic E-state index is -3.97. The number of ether oxygens (including phenoxy) is 2. The molecule has 0 amide bonds. The van der Waals surface area contributed by atoms with Crippen LogP contribution < -0.4 is 14.2 Å². The first-order chi connectivity index (χ1) is 11.7. The standard InChI is InChI=1S/C16H15ClFNO5S/c1-16(20,10-2-5-14-15(6-10)24-9-23-14)8-19-25(21,22)11-3-4-13(18)12(17)7-11/h2-7,19-20H,8-9H2,1H3/t16-/m1/s1. The molecule has 1 aliphatic heterocycles. The third-order valence-electron chi connectivity index (χ3n) is 3.80. The van der Waals surface area contributed by atoms with E-state index in [1.807, 2.05) is 0 Å². The number of hydrogen-bond donors (Lipinski definition) is 2. The van der Waals surface area contributed by atoms with Crippen LogP contribution in [0.2, 0.25) is 5.02 Å². The number of halogens is 2. The van der Waals surface area contributed by atoms with E-state index in [0.717, 1.165) is 18.2 Å². The van der Waals surface area contributed by atoms with Crippen molar-refractivity contribution in [2.24, 2.45) is 0 Å². The topological polar surface area (TPSA) is 84.9 Å². The average Bonchev–Trinajstić information content (AvgIpc) is 3.03. The molecule has 0 radical (unpaired) electrons. The van der Waals surface area contributed by atoms with Gasteiger partial charge in [0.05, 0.1) is 9.92 Å². The second-order valence-corrected chi connectivity index (χ2v) is 7.92. The lowest BCUT2D eigenvalue weighted by Crippen LogP contribution is -2.38. The first kappa shape index (κ1) is 17.9. The van der Waals surface area contributed by atoms with Gasteiger partial charge in [0.15, 0.2) is 11.5 Å². The number of aliphatic hydroxyl groups is 1. The Kier molecular flexibility index (Phi) is 4.63. The molecule has 9 heteroatoms. The maximum Gasteiger partial charge on any atom is 0.240 e. The Morgan fingerprint density at radius 1 is 1.24 bits per heavy atom. The van der Waals surface area contributed by atoms with Crippen LogP contribution in [-0.2, 0) is 15.6 Å². The van der Waals surface area contributed by atoms with Crippen LogP contribution in [0.15, 0.2) is 41.3 Å². The third-order valence-corrected chi connectivity index (χ3v) is 5.49. The number of benzene rings is 2. The zero-order chi connectivity index (χ0) is 18.2. The van der Waals surface area contributed by atoms with Crippen LogP contribution in [0.4, 0.5) is 4.39 Å². The maximum atomic E-state index is 13.2. The highest BCUT2D eigenvalue weighted by Crippen LogP contribution is 2.35. The normalized spacial score (nSPS) is 15.8. The molecule has 0 aromatic heterocycles. The largest absolute Gasteiger partial charge is 0.454 e. The van der Waals surface area contributed by atoms with Crippen LogP contribution in [0.5, 0.6) is 11.5 Å². The molecular formula is C16H15ClFNO5S. The highest BCUT2D eigenvalue weighted by molar-refractivity contribution is 7.89. The average molecular weight is 388 g/mol. The summed E-state index contributed by atoms with van der Waals surface area (Å²) in [4.78, 5) is -0.194. The van der Waals surface area contributed by atoms with Crippen molar-refractivity contribution < 1.29 is 27.4 Å². The van der Waals surface area contributed by atoms with Gasteiger partial charge in [0.25, 0.3) is 0 Å². The van der Waals surface area contributed by atoms with Gasteiger partial charge in [-0.1, -0.05) is 17.7 Å². The lowest BCUT2D eigenvalue weighted by Gasteiger charge is -2.24. The summed E-state index contributed by atoms with van der Waals surface area (Å²) in [5.41, 5.74) is -1.05. The Morgan fingerprint density at radius 2 is 1.96 bits per heavy atom. The molecule has 1 aliphatic rings. The van der Waals surface area contributed by atoms with E-state index in [0.29, 0.717) is 17.1 Å². The summed E-state index contributed by atoms with van der Waals surface area (Å²) in [7, 11) is -3.97. The molecule has 2 N–H and O–H groups in total. The molecule has 2 aromatic rings. The van der Waals surface area contributed by atoms with E-state index in [2.05, 4.69) is 4.72 Å². The molecule has 0 aliphatic carbocycles. The summed E-state index contributed by atoms with van der Waals surface area (Å²) in [6.07, 6.45) is 0. The fourth-order valence-corrected chi connectivity index (χ4v) is 3.70. The van der Waals surface area contributed by atoms with Gasteiger partial charge in [0.1, 0.15) is 11.4 Å². The van der Waals surface area contributed by atoms with Crippen molar-refractivity contribution in [1.29, 1.82) is 0 Å². The molecule has 0 bridgehead atoms. The quantitative estimate of drug-likeness (QED) is 0.822. The van der Waals surface area contributed by atoms with Crippen LogP contribution in [0, 0.1) is 5.82 Å². The van der Waals surface area contributed by atoms with Gasteiger partial charge in [0.2, 0.25) is 16.8 Å². The van der Waals surface area contributed by atoms with Gasteiger partial charge in [-0.3, -0.25) is 0 Å². The van der Waals surface area contributed by atoms with E-state index in [-0.39, 0.29) is 23.3 Å². The van der Waals surface area contributed by atoms with E-state index in [4.69, 9.17) is 21.1 Å². The van der Waals surface area contributed by atoms with Gasteiger partial charge in [-0.2, -0.15) is 0 Å². The monoisotopic (exact) mass is 387 g/mol. The molecule has 1 atom stereocenters. The molecule has 0 saturated heterocycles. The molecule has 3 rings (SSSR count). The predicted molar refractivity (Wildman–Crippen MR) is 88.7 cm³/mol. The highest BCUT2D eigenvalue weighted by Gasteiger charge is 2.28. The minimum Gasteiger partial charge on any atom is -0.454 e. The van der Waals surface area contributed by atoms with Gasteiger partial charge in [-0.05, 0) is 42.8 Å². The van der Waals surface area contributed by atoms with Crippen LogP contribution in [0.25, 0.3) is 0 Å². The van der Waals surface area contributed by atoms with Crippen molar-refractivity contribution in [1.82, 2.24) is 4.72 Å². The maximum absolute atomic E-state index is 13.2. The molecule has 0 spiro atoms. The summed E-state index contributed by atoms with van der Waals surface area (Å²) >= 11 is 5.62. The zero-order valence-electron chi connectivity index (χ0n) is 13.1. The van der Waals surface area contributed by atoms with Crippen molar-refractivity contribution >= 4 is 21.6 Å². The van der Waals surface area contributed by atoms with E-state index in [9.17, 15) is 17.9 Å². The Labute approximate surface area is 149 Å². The zero-order valence-corrected chi connectivity index (χ0v) is 14.7. The molecule has 0 unspecified atom stereocenters. The number of fused-ring (bicyclic) bond motifs is 1. The molecule has 25 heavy (non-hydrogen) atoms. The lowest BCUT2D eigenvalue weighted by molar-refractivity contribution is 0.0625. The first-order valence-electron chi connectivity index (χ1n) is 7.26. The molecule has 2 aromatic carbocycles. The summed E-state index contributed by atoms with van der Waals surface area (Å²) in [5, 5.41) is 10.3. The van der Waals surface area contributed by atoms with E-state index >= 15 is 0 Å². The van der Waals surface area contributed by atoms with Gasteiger partial charge < -0.3 is 14.6 Å². The molecule has 1 heterocycles. The summed E-state index contributed by atoms with van der Waals surface area (Å²) < 4.78 is 50.6. The lowest BCUT2D eigenvalue weighted by atomic mass is 9.96. The SMILES string of the molecule is C[C@@](O)(CNS(=O)(=O)c1ccc(F)c(Cl)c1)c1ccc2c(c1)OCO2. The Bertz CT molecular complexity index is 917. The first-order valence-corrected chi connectivity index (χ1v) is 9.12. The Balaban J connectivity index is 1.78. The summed E-state index contributed by atoms with van der Waals surface area (Å²) in [5.74, 6) is 0.319. The van der Waals surface area contributed by atoms with E-state index in [1.54, 1.807) is 18.2 Å². The fourth-order valence-electron chi connectivity index (χ4n) is 2.30. The number of hydrogen-bond acceptors (Lipinski definition) is 5. The van der Waals surface area contributed by atoms with Crippen LogP contribution >= 0.6 is 11.6 Å².